The van der Waals surface area contributed by atoms with Crippen molar-refractivity contribution in [1.82, 2.24) is 10.2 Å². The highest BCUT2D eigenvalue weighted by Crippen LogP contribution is 2.57. The summed E-state index contributed by atoms with van der Waals surface area (Å²) in [5.41, 5.74) is 0.657. The molecule has 1 aromatic carbocycles. The largest absolute Gasteiger partial charge is 0.494 e. The van der Waals surface area contributed by atoms with Crippen LogP contribution in [0.2, 0.25) is 0 Å². The molecule has 5 nitrogen and oxygen atoms in total. The molecule has 1 heterocycles. The van der Waals surface area contributed by atoms with Gasteiger partial charge in [-0.05, 0) is 81.5 Å². The summed E-state index contributed by atoms with van der Waals surface area (Å²) in [4.78, 5) is 15.0. The molecule has 4 rings (SSSR count). The molecule has 0 bridgehead atoms. The lowest BCUT2D eigenvalue weighted by Crippen LogP contribution is -2.42. The van der Waals surface area contributed by atoms with Gasteiger partial charge in [0.15, 0.2) is 0 Å². The molecule has 1 spiro atoms. The minimum absolute atomic E-state index is 0.253. The first-order valence-corrected chi connectivity index (χ1v) is 11.0. The fourth-order valence-corrected chi connectivity index (χ4v) is 4.73. The van der Waals surface area contributed by atoms with Crippen LogP contribution in [0.25, 0.3) is 0 Å². The van der Waals surface area contributed by atoms with Crippen LogP contribution >= 0.6 is 0 Å². The van der Waals surface area contributed by atoms with Gasteiger partial charge in [0.25, 0.3) is 0 Å². The van der Waals surface area contributed by atoms with Crippen LogP contribution in [0.15, 0.2) is 24.3 Å². The third kappa shape index (κ3) is 4.99. The Kier molecular flexibility index (Phi) is 6.10. The van der Waals surface area contributed by atoms with E-state index in [2.05, 4.69) is 10.2 Å². The van der Waals surface area contributed by atoms with Crippen LogP contribution in [0.1, 0.15) is 51.9 Å². The molecule has 1 aromatic rings. The Bertz CT molecular complexity index is 646. The van der Waals surface area contributed by atoms with Crippen LogP contribution in [0.5, 0.6) is 11.5 Å². The summed E-state index contributed by atoms with van der Waals surface area (Å²) < 4.78 is 11.3. The Morgan fingerprint density at radius 1 is 1.07 bits per heavy atom. The van der Waals surface area contributed by atoms with E-state index in [4.69, 9.17) is 9.47 Å². The number of rotatable bonds is 8. The van der Waals surface area contributed by atoms with Crippen molar-refractivity contribution < 1.29 is 14.3 Å². The monoisotopic (exact) mass is 386 g/mol. The van der Waals surface area contributed by atoms with Gasteiger partial charge in [0.2, 0.25) is 5.91 Å². The molecule has 3 fully saturated rings. The molecule has 0 radical (unpaired) electrons. The van der Waals surface area contributed by atoms with Crippen LogP contribution in [0.4, 0.5) is 0 Å². The number of carbonyl (C=O) groups is 1. The van der Waals surface area contributed by atoms with Crippen molar-refractivity contribution >= 4 is 5.91 Å². The summed E-state index contributed by atoms with van der Waals surface area (Å²) in [6.07, 6.45) is 8.58. The zero-order valence-corrected chi connectivity index (χ0v) is 17.1. The van der Waals surface area contributed by atoms with E-state index in [0.717, 1.165) is 50.4 Å². The summed E-state index contributed by atoms with van der Waals surface area (Å²) >= 11 is 0. The zero-order valence-electron chi connectivity index (χ0n) is 17.1. The third-order valence-electron chi connectivity index (χ3n) is 6.80. The maximum absolute atomic E-state index is 12.6. The van der Waals surface area contributed by atoms with E-state index in [-0.39, 0.29) is 5.92 Å². The molecule has 1 saturated heterocycles. The summed E-state index contributed by atoms with van der Waals surface area (Å²) in [6, 6.07) is 8.09. The van der Waals surface area contributed by atoms with Crippen LogP contribution in [-0.4, -0.2) is 49.7 Å². The van der Waals surface area contributed by atoms with Crippen molar-refractivity contribution in [3.8, 4) is 11.5 Å². The molecule has 2 saturated carbocycles. The quantitative estimate of drug-likeness (QED) is 0.741. The van der Waals surface area contributed by atoms with Gasteiger partial charge in [-0.25, -0.2) is 0 Å². The van der Waals surface area contributed by atoms with E-state index < -0.39 is 0 Å². The van der Waals surface area contributed by atoms with E-state index in [1.54, 1.807) is 0 Å². The highest BCUT2D eigenvalue weighted by atomic mass is 16.5. The van der Waals surface area contributed by atoms with E-state index >= 15 is 0 Å². The Morgan fingerprint density at radius 2 is 1.75 bits per heavy atom. The summed E-state index contributed by atoms with van der Waals surface area (Å²) in [5, 5.41) is 3.32. The van der Waals surface area contributed by atoms with E-state index in [0.29, 0.717) is 30.6 Å². The van der Waals surface area contributed by atoms with Crippen molar-refractivity contribution in [2.45, 2.75) is 57.9 Å². The molecule has 0 aromatic heterocycles. The van der Waals surface area contributed by atoms with E-state index in [1.165, 1.54) is 25.7 Å². The van der Waals surface area contributed by atoms with Crippen molar-refractivity contribution in [3.63, 3.8) is 0 Å². The molecule has 1 amide bonds. The van der Waals surface area contributed by atoms with Crippen LogP contribution in [-0.2, 0) is 4.79 Å². The lowest BCUT2D eigenvalue weighted by Gasteiger charge is -2.28. The second-order valence-corrected chi connectivity index (χ2v) is 8.82. The second-order valence-electron chi connectivity index (χ2n) is 8.82. The number of nitrogens with one attached hydrogen (secondary N) is 1. The highest BCUT2D eigenvalue weighted by Gasteiger charge is 2.46. The Morgan fingerprint density at radius 3 is 2.39 bits per heavy atom. The number of hydrogen-bond donors (Lipinski definition) is 1. The van der Waals surface area contributed by atoms with Gasteiger partial charge in [0.1, 0.15) is 18.1 Å². The summed E-state index contributed by atoms with van der Waals surface area (Å²) in [7, 11) is 0. The molecule has 1 atom stereocenters. The average molecular weight is 387 g/mol. The number of hydrogen-bond acceptors (Lipinski definition) is 4. The van der Waals surface area contributed by atoms with Crippen molar-refractivity contribution in [2.24, 2.45) is 11.3 Å². The first-order chi connectivity index (χ1) is 13.7. The lowest BCUT2D eigenvalue weighted by atomic mass is 9.79. The maximum atomic E-state index is 12.6. The molecular weight excluding hydrogens is 352 g/mol. The standard InChI is InChI=1S/C23H34N2O3/c1-2-27-20-3-5-21(6-4-20)28-16-15-25-14-9-19(17-25)24-22(26)18-7-10-23(11-8-18)12-13-23/h3-6,18-19H,2,7-17H2,1H3,(H,24,26)/t19-/m1/s1. The first-order valence-electron chi connectivity index (χ1n) is 11.0. The molecule has 1 aliphatic heterocycles. The molecule has 154 valence electrons. The van der Waals surface area contributed by atoms with Gasteiger partial charge in [-0.15, -0.1) is 0 Å². The van der Waals surface area contributed by atoms with Gasteiger partial charge in [0, 0.05) is 31.6 Å². The fourth-order valence-electron chi connectivity index (χ4n) is 4.73. The Hall–Kier alpha value is -1.75. The fraction of sp³-hybridized carbons (Fsp3) is 0.696. The number of benzene rings is 1. The predicted molar refractivity (Wildman–Crippen MR) is 110 cm³/mol. The van der Waals surface area contributed by atoms with Gasteiger partial charge in [0.05, 0.1) is 6.61 Å². The van der Waals surface area contributed by atoms with Crippen LogP contribution in [0, 0.1) is 11.3 Å². The molecule has 5 heteroatoms. The molecule has 1 N–H and O–H groups in total. The highest BCUT2D eigenvalue weighted by molar-refractivity contribution is 5.79. The number of amides is 1. The Labute approximate surface area is 168 Å². The molecule has 3 aliphatic rings. The maximum Gasteiger partial charge on any atom is 0.223 e. The van der Waals surface area contributed by atoms with Crippen LogP contribution in [0.3, 0.4) is 0 Å². The van der Waals surface area contributed by atoms with Crippen molar-refractivity contribution in [1.29, 1.82) is 0 Å². The van der Waals surface area contributed by atoms with E-state index in [9.17, 15) is 4.79 Å². The minimum Gasteiger partial charge on any atom is -0.494 e. The van der Waals surface area contributed by atoms with Gasteiger partial charge in [-0.1, -0.05) is 0 Å². The SMILES string of the molecule is CCOc1ccc(OCCN2CC[C@@H](NC(=O)C3CCC4(CC3)CC4)C2)cc1. The molecular formula is C23H34N2O3. The first kappa shape index (κ1) is 19.6. The molecule has 28 heavy (non-hydrogen) atoms. The topological polar surface area (TPSA) is 50.8 Å². The third-order valence-corrected chi connectivity index (χ3v) is 6.80. The smallest absolute Gasteiger partial charge is 0.223 e. The number of ether oxygens (including phenoxy) is 2. The number of likely N-dealkylation sites (tertiary alicyclic amines) is 1. The van der Waals surface area contributed by atoms with Crippen LogP contribution < -0.4 is 14.8 Å². The minimum atomic E-state index is 0.253. The summed E-state index contributed by atoms with van der Waals surface area (Å²) in [6.45, 7) is 6.19. The normalized spacial score (nSPS) is 24.2. The van der Waals surface area contributed by atoms with Gasteiger partial charge >= 0.3 is 0 Å². The zero-order chi connectivity index (χ0) is 19.4. The van der Waals surface area contributed by atoms with Gasteiger partial charge in [-0.2, -0.15) is 0 Å². The second kappa shape index (κ2) is 8.73. The van der Waals surface area contributed by atoms with Gasteiger partial charge < -0.3 is 14.8 Å². The number of carbonyl (C=O) groups excluding carboxylic acids is 1. The summed E-state index contributed by atoms with van der Waals surface area (Å²) in [5.74, 6) is 2.30. The number of nitrogens with zero attached hydrogens (tertiary/aromatic N) is 1. The van der Waals surface area contributed by atoms with Crippen molar-refractivity contribution in [2.75, 3.05) is 32.8 Å². The van der Waals surface area contributed by atoms with E-state index in [1.807, 2.05) is 31.2 Å². The van der Waals surface area contributed by atoms with Gasteiger partial charge in [-0.3, -0.25) is 9.69 Å². The average Bonchev–Trinajstić information content (AvgIpc) is 3.31. The molecule has 0 unspecified atom stereocenters. The lowest BCUT2D eigenvalue weighted by molar-refractivity contribution is -0.127. The Balaban J connectivity index is 1.13. The predicted octanol–water partition coefficient (Wildman–Crippen LogP) is 3.63. The van der Waals surface area contributed by atoms with Crippen molar-refractivity contribution in [3.05, 3.63) is 24.3 Å². The molecule has 2 aliphatic carbocycles.